The van der Waals surface area contributed by atoms with Crippen LogP contribution in [-0.4, -0.2) is 20.0 Å². The molecule has 0 spiro atoms. The maximum Gasteiger partial charge on any atom is 0.155 e. The predicted octanol–water partition coefficient (Wildman–Crippen LogP) is 2.71. The van der Waals surface area contributed by atoms with E-state index >= 15 is 0 Å². The molecular formula is C14H16O3. The minimum absolute atomic E-state index is 0.203. The first kappa shape index (κ1) is 11.7. The van der Waals surface area contributed by atoms with E-state index in [-0.39, 0.29) is 11.7 Å². The zero-order valence-electron chi connectivity index (χ0n) is 10.1. The maximum absolute atomic E-state index is 11.2. The molecule has 1 aromatic rings. The molecule has 0 radical (unpaired) electrons. The SMILES string of the molecule is COc1ccc([C@@H]2C=CC(=O)CC2)c(OC)c1. The molecule has 0 amide bonds. The topological polar surface area (TPSA) is 35.5 Å². The summed E-state index contributed by atoms with van der Waals surface area (Å²) in [5.74, 6) is 2.05. The standard InChI is InChI=1S/C14H16O3/c1-16-12-7-8-13(14(9-12)17-2)10-3-5-11(15)6-4-10/h3,5,7-10H,4,6H2,1-2H3/t10-/m1/s1. The quantitative estimate of drug-likeness (QED) is 0.803. The smallest absolute Gasteiger partial charge is 0.155 e. The highest BCUT2D eigenvalue weighted by molar-refractivity contribution is 5.90. The fraction of sp³-hybridized carbons (Fsp3) is 0.357. The Morgan fingerprint density at radius 1 is 1.24 bits per heavy atom. The Morgan fingerprint density at radius 2 is 2.06 bits per heavy atom. The average molecular weight is 232 g/mol. The first-order chi connectivity index (χ1) is 8.24. The summed E-state index contributed by atoms with van der Waals surface area (Å²) in [7, 11) is 3.28. The lowest BCUT2D eigenvalue weighted by atomic mass is 9.88. The third-order valence-electron chi connectivity index (χ3n) is 3.06. The summed E-state index contributed by atoms with van der Waals surface area (Å²) in [6.07, 6.45) is 5.07. The highest BCUT2D eigenvalue weighted by Crippen LogP contribution is 2.35. The van der Waals surface area contributed by atoms with Crippen molar-refractivity contribution >= 4 is 5.78 Å². The third kappa shape index (κ3) is 2.49. The van der Waals surface area contributed by atoms with E-state index in [1.54, 1.807) is 20.3 Å². The largest absolute Gasteiger partial charge is 0.497 e. The summed E-state index contributed by atoms with van der Waals surface area (Å²) in [6.45, 7) is 0. The van der Waals surface area contributed by atoms with Gasteiger partial charge < -0.3 is 9.47 Å². The second-order valence-electron chi connectivity index (χ2n) is 4.08. The van der Waals surface area contributed by atoms with Crippen molar-refractivity contribution in [2.75, 3.05) is 14.2 Å². The Balaban J connectivity index is 2.31. The summed E-state index contributed by atoms with van der Waals surface area (Å²) in [6, 6.07) is 5.80. The third-order valence-corrected chi connectivity index (χ3v) is 3.06. The second kappa shape index (κ2) is 5.04. The van der Waals surface area contributed by atoms with E-state index in [4.69, 9.17) is 9.47 Å². The molecule has 1 aliphatic carbocycles. The van der Waals surface area contributed by atoms with Crippen LogP contribution in [0.25, 0.3) is 0 Å². The summed E-state index contributed by atoms with van der Waals surface area (Å²) in [5, 5.41) is 0. The van der Waals surface area contributed by atoms with Gasteiger partial charge in [-0.05, 0) is 18.6 Å². The number of methoxy groups -OCH3 is 2. The highest BCUT2D eigenvalue weighted by Gasteiger charge is 2.18. The molecule has 0 aliphatic heterocycles. The van der Waals surface area contributed by atoms with Gasteiger partial charge >= 0.3 is 0 Å². The van der Waals surface area contributed by atoms with E-state index in [9.17, 15) is 4.79 Å². The van der Waals surface area contributed by atoms with Gasteiger partial charge in [0.05, 0.1) is 14.2 Å². The van der Waals surface area contributed by atoms with Crippen molar-refractivity contribution in [3.05, 3.63) is 35.9 Å². The predicted molar refractivity (Wildman–Crippen MR) is 65.7 cm³/mol. The molecular weight excluding hydrogens is 216 g/mol. The molecule has 0 N–H and O–H groups in total. The summed E-state index contributed by atoms with van der Waals surface area (Å²) >= 11 is 0. The van der Waals surface area contributed by atoms with Crippen LogP contribution in [0.1, 0.15) is 24.3 Å². The molecule has 0 bridgehead atoms. The van der Waals surface area contributed by atoms with Gasteiger partial charge in [0.15, 0.2) is 5.78 Å². The van der Waals surface area contributed by atoms with Crippen LogP contribution >= 0.6 is 0 Å². The number of hydrogen-bond donors (Lipinski definition) is 0. The lowest BCUT2D eigenvalue weighted by Gasteiger charge is -2.19. The van der Waals surface area contributed by atoms with Crippen molar-refractivity contribution in [2.45, 2.75) is 18.8 Å². The van der Waals surface area contributed by atoms with E-state index in [1.165, 1.54) is 0 Å². The van der Waals surface area contributed by atoms with Gasteiger partial charge in [0.25, 0.3) is 0 Å². The van der Waals surface area contributed by atoms with Crippen LogP contribution in [0, 0.1) is 0 Å². The molecule has 90 valence electrons. The summed E-state index contributed by atoms with van der Waals surface area (Å²) in [4.78, 5) is 11.2. The molecule has 1 aromatic carbocycles. The monoisotopic (exact) mass is 232 g/mol. The van der Waals surface area contributed by atoms with E-state index in [1.807, 2.05) is 24.3 Å². The molecule has 0 heterocycles. The maximum atomic E-state index is 11.2. The van der Waals surface area contributed by atoms with Gasteiger partial charge in [-0.3, -0.25) is 4.79 Å². The number of rotatable bonds is 3. The second-order valence-corrected chi connectivity index (χ2v) is 4.08. The minimum atomic E-state index is 0.203. The fourth-order valence-corrected chi connectivity index (χ4v) is 2.08. The number of hydrogen-bond acceptors (Lipinski definition) is 3. The lowest BCUT2D eigenvalue weighted by Crippen LogP contribution is -2.07. The van der Waals surface area contributed by atoms with E-state index in [2.05, 4.69) is 0 Å². The summed E-state index contributed by atoms with van der Waals surface area (Å²) in [5.41, 5.74) is 1.11. The molecule has 1 atom stereocenters. The van der Waals surface area contributed by atoms with Crippen LogP contribution < -0.4 is 9.47 Å². The normalized spacial score (nSPS) is 19.2. The van der Waals surface area contributed by atoms with E-state index in [0.717, 1.165) is 23.5 Å². The Morgan fingerprint density at radius 3 is 2.65 bits per heavy atom. The number of allylic oxidation sites excluding steroid dienone is 2. The molecule has 0 aromatic heterocycles. The number of ketones is 1. The first-order valence-electron chi connectivity index (χ1n) is 5.67. The van der Waals surface area contributed by atoms with Crippen LogP contribution in [0.15, 0.2) is 30.4 Å². The molecule has 0 saturated carbocycles. The van der Waals surface area contributed by atoms with Crippen molar-refractivity contribution in [1.82, 2.24) is 0 Å². The molecule has 1 aliphatic rings. The van der Waals surface area contributed by atoms with Crippen LogP contribution in [0.5, 0.6) is 11.5 Å². The van der Waals surface area contributed by atoms with Crippen LogP contribution in [0.2, 0.25) is 0 Å². The average Bonchev–Trinajstić information content (AvgIpc) is 2.39. The number of benzene rings is 1. The summed E-state index contributed by atoms with van der Waals surface area (Å²) < 4.78 is 10.5. The zero-order valence-corrected chi connectivity index (χ0v) is 10.1. The molecule has 3 heteroatoms. The van der Waals surface area contributed by atoms with E-state index in [0.29, 0.717) is 6.42 Å². The van der Waals surface area contributed by atoms with Crippen molar-refractivity contribution < 1.29 is 14.3 Å². The van der Waals surface area contributed by atoms with Gasteiger partial charge in [0.1, 0.15) is 11.5 Å². The fourth-order valence-electron chi connectivity index (χ4n) is 2.08. The number of ether oxygens (including phenoxy) is 2. The van der Waals surface area contributed by atoms with Crippen molar-refractivity contribution in [3.63, 3.8) is 0 Å². The molecule has 0 unspecified atom stereocenters. The number of carbonyl (C=O) groups excluding carboxylic acids is 1. The van der Waals surface area contributed by atoms with Gasteiger partial charge in [-0.2, -0.15) is 0 Å². The van der Waals surface area contributed by atoms with Crippen molar-refractivity contribution in [1.29, 1.82) is 0 Å². The van der Waals surface area contributed by atoms with Crippen LogP contribution in [0.3, 0.4) is 0 Å². The molecule has 17 heavy (non-hydrogen) atoms. The van der Waals surface area contributed by atoms with Gasteiger partial charge in [0.2, 0.25) is 0 Å². The van der Waals surface area contributed by atoms with E-state index < -0.39 is 0 Å². The highest BCUT2D eigenvalue weighted by atomic mass is 16.5. The van der Waals surface area contributed by atoms with Crippen LogP contribution in [-0.2, 0) is 4.79 Å². The van der Waals surface area contributed by atoms with Gasteiger partial charge in [-0.25, -0.2) is 0 Å². The van der Waals surface area contributed by atoms with Crippen molar-refractivity contribution in [2.24, 2.45) is 0 Å². The van der Waals surface area contributed by atoms with Gasteiger partial charge in [-0.15, -0.1) is 0 Å². The first-order valence-corrected chi connectivity index (χ1v) is 5.67. The molecule has 2 rings (SSSR count). The number of carbonyl (C=O) groups is 1. The zero-order chi connectivity index (χ0) is 12.3. The van der Waals surface area contributed by atoms with Gasteiger partial charge in [0, 0.05) is 24.0 Å². The molecule has 3 nitrogen and oxygen atoms in total. The van der Waals surface area contributed by atoms with Gasteiger partial charge in [-0.1, -0.05) is 12.1 Å². The molecule has 0 saturated heterocycles. The Bertz CT molecular complexity index is 449. The lowest BCUT2D eigenvalue weighted by molar-refractivity contribution is -0.115. The van der Waals surface area contributed by atoms with Crippen LogP contribution in [0.4, 0.5) is 0 Å². The minimum Gasteiger partial charge on any atom is -0.497 e. The Kier molecular flexibility index (Phi) is 3.47. The van der Waals surface area contributed by atoms with Crippen molar-refractivity contribution in [3.8, 4) is 11.5 Å². The Labute approximate surface area is 101 Å². The molecule has 0 fully saturated rings. The Hall–Kier alpha value is -1.77.